The predicted octanol–water partition coefficient (Wildman–Crippen LogP) is 2.99. The molecule has 0 saturated heterocycles. The number of nitrogens with one attached hydrogen (secondary N) is 1. The molecule has 3 N–H and O–H groups in total. The third kappa shape index (κ3) is 3.22. The zero-order valence-corrected chi connectivity index (χ0v) is 11.6. The Labute approximate surface area is 121 Å². The number of phenols is 2. The number of aryl methyl sites for hydroxylation is 1. The van der Waals surface area contributed by atoms with Gasteiger partial charge in [0.15, 0.2) is 0 Å². The van der Waals surface area contributed by atoms with Gasteiger partial charge in [0.25, 0.3) is 5.91 Å². The number of phenolic OH excluding ortho intramolecular Hbond substituents is 2. The maximum Gasteiger partial charge on any atom is 0.255 e. The fourth-order valence-corrected chi connectivity index (χ4v) is 1.88. The molecule has 1 amide bonds. The van der Waals surface area contributed by atoms with Crippen LogP contribution in [0.3, 0.4) is 0 Å². The van der Waals surface area contributed by atoms with Crippen molar-refractivity contribution in [3.63, 3.8) is 0 Å². The molecule has 0 spiro atoms. The molecule has 2 rings (SSSR count). The van der Waals surface area contributed by atoms with E-state index in [-0.39, 0.29) is 22.1 Å². The van der Waals surface area contributed by atoms with E-state index in [1.165, 1.54) is 6.07 Å². The molecular weight excluding hydrogens is 278 g/mol. The molecule has 0 aliphatic rings. The summed E-state index contributed by atoms with van der Waals surface area (Å²) in [5, 5.41) is 21.7. The maximum absolute atomic E-state index is 12.0. The number of hydrogen-bond acceptors (Lipinski definition) is 3. The molecule has 20 heavy (non-hydrogen) atoms. The molecule has 104 valence electrons. The Morgan fingerprint density at radius 3 is 2.45 bits per heavy atom. The molecule has 2 aromatic carbocycles. The Balaban J connectivity index is 2.09. The largest absolute Gasteiger partial charge is 0.507 e. The number of halogens is 1. The zero-order valence-electron chi connectivity index (χ0n) is 10.9. The van der Waals surface area contributed by atoms with E-state index >= 15 is 0 Å². The fraction of sp³-hybridized carbons (Fsp3) is 0.133. The monoisotopic (exact) mass is 291 g/mol. The van der Waals surface area contributed by atoms with Crippen LogP contribution in [0.25, 0.3) is 0 Å². The Hall–Kier alpha value is -2.20. The van der Waals surface area contributed by atoms with Crippen molar-refractivity contribution in [2.24, 2.45) is 0 Å². The van der Waals surface area contributed by atoms with Crippen LogP contribution >= 0.6 is 11.6 Å². The molecule has 0 atom stereocenters. The number of hydrogen-bond donors (Lipinski definition) is 3. The average Bonchev–Trinajstić information content (AvgIpc) is 2.42. The van der Waals surface area contributed by atoms with E-state index in [4.69, 9.17) is 11.6 Å². The first kappa shape index (κ1) is 14.2. The lowest BCUT2D eigenvalue weighted by Gasteiger charge is -2.08. The van der Waals surface area contributed by atoms with Gasteiger partial charge in [0, 0.05) is 12.6 Å². The minimum absolute atomic E-state index is 0.0169. The van der Waals surface area contributed by atoms with E-state index in [1.54, 1.807) is 0 Å². The van der Waals surface area contributed by atoms with Gasteiger partial charge in [-0.15, -0.1) is 0 Å². The summed E-state index contributed by atoms with van der Waals surface area (Å²) < 4.78 is 0. The molecule has 0 radical (unpaired) electrons. The van der Waals surface area contributed by atoms with Crippen molar-refractivity contribution in [3.8, 4) is 11.5 Å². The molecule has 0 aliphatic heterocycles. The van der Waals surface area contributed by atoms with Gasteiger partial charge in [-0.1, -0.05) is 41.4 Å². The van der Waals surface area contributed by atoms with Crippen molar-refractivity contribution in [2.45, 2.75) is 13.5 Å². The summed E-state index contributed by atoms with van der Waals surface area (Å²) >= 11 is 5.72. The van der Waals surface area contributed by atoms with Crippen molar-refractivity contribution < 1.29 is 15.0 Å². The smallest absolute Gasteiger partial charge is 0.255 e. The van der Waals surface area contributed by atoms with Crippen molar-refractivity contribution in [2.75, 3.05) is 0 Å². The lowest BCUT2D eigenvalue weighted by molar-refractivity contribution is 0.0948. The summed E-state index contributed by atoms with van der Waals surface area (Å²) in [6, 6.07) is 10.0. The lowest BCUT2D eigenvalue weighted by Crippen LogP contribution is -2.22. The van der Waals surface area contributed by atoms with Crippen LogP contribution in [0.2, 0.25) is 5.02 Å². The average molecular weight is 292 g/mol. The van der Waals surface area contributed by atoms with Gasteiger partial charge in [-0.3, -0.25) is 4.79 Å². The highest BCUT2D eigenvalue weighted by Crippen LogP contribution is 2.30. The summed E-state index contributed by atoms with van der Waals surface area (Å²) in [4.78, 5) is 12.0. The van der Waals surface area contributed by atoms with Crippen molar-refractivity contribution in [1.82, 2.24) is 5.32 Å². The minimum Gasteiger partial charge on any atom is -0.507 e. The molecule has 0 aromatic heterocycles. The number of amides is 1. The van der Waals surface area contributed by atoms with E-state index in [0.717, 1.165) is 17.2 Å². The molecule has 5 heteroatoms. The highest BCUT2D eigenvalue weighted by molar-refractivity contribution is 6.32. The van der Waals surface area contributed by atoms with Gasteiger partial charge in [-0.2, -0.15) is 0 Å². The standard InChI is InChI=1S/C15H14ClNO3/c1-9-2-4-10(5-3-9)8-17-15(20)11-6-12(16)14(19)7-13(11)18/h2-7,18-19H,8H2,1H3,(H,17,20). The van der Waals surface area contributed by atoms with Crippen LogP contribution in [0, 0.1) is 6.92 Å². The molecule has 0 unspecified atom stereocenters. The summed E-state index contributed by atoms with van der Waals surface area (Å²) in [5.41, 5.74) is 2.12. The van der Waals surface area contributed by atoms with Gasteiger partial charge in [-0.05, 0) is 18.6 Å². The van der Waals surface area contributed by atoms with Crippen LogP contribution < -0.4 is 5.32 Å². The van der Waals surface area contributed by atoms with Gasteiger partial charge >= 0.3 is 0 Å². The second kappa shape index (κ2) is 5.84. The van der Waals surface area contributed by atoms with Crippen molar-refractivity contribution in [1.29, 1.82) is 0 Å². The molecule has 0 aliphatic carbocycles. The highest BCUT2D eigenvalue weighted by Gasteiger charge is 2.14. The Morgan fingerprint density at radius 1 is 1.15 bits per heavy atom. The van der Waals surface area contributed by atoms with Gasteiger partial charge in [0.05, 0.1) is 10.6 Å². The maximum atomic E-state index is 12.0. The number of rotatable bonds is 3. The van der Waals surface area contributed by atoms with E-state index in [2.05, 4.69) is 5.32 Å². The molecular formula is C15H14ClNO3. The number of carbonyl (C=O) groups is 1. The van der Waals surface area contributed by atoms with Gasteiger partial charge < -0.3 is 15.5 Å². The molecule has 0 heterocycles. The number of aromatic hydroxyl groups is 2. The summed E-state index contributed by atoms with van der Waals surface area (Å²) in [6.07, 6.45) is 0. The molecule has 0 bridgehead atoms. The van der Waals surface area contributed by atoms with E-state index < -0.39 is 5.91 Å². The highest BCUT2D eigenvalue weighted by atomic mass is 35.5. The SMILES string of the molecule is Cc1ccc(CNC(=O)c2cc(Cl)c(O)cc2O)cc1. The van der Waals surface area contributed by atoms with Crippen LogP contribution in [0.1, 0.15) is 21.5 Å². The van der Waals surface area contributed by atoms with Gasteiger partial charge in [0.1, 0.15) is 11.5 Å². The predicted molar refractivity (Wildman–Crippen MR) is 77.1 cm³/mol. The van der Waals surface area contributed by atoms with E-state index in [9.17, 15) is 15.0 Å². The molecule has 2 aromatic rings. The quantitative estimate of drug-likeness (QED) is 0.814. The minimum atomic E-state index is -0.454. The van der Waals surface area contributed by atoms with Crippen molar-refractivity contribution in [3.05, 3.63) is 58.1 Å². The number of benzene rings is 2. The Morgan fingerprint density at radius 2 is 1.80 bits per heavy atom. The Kier molecular flexibility index (Phi) is 4.15. The lowest BCUT2D eigenvalue weighted by atomic mass is 10.1. The third-order valence-corrected chi connectivity index (χ3v) is 3.19. The van der Waals surface area contributed by atoms with Crippen LogP contribution in [-0.2, 0) is 6.54 Å². The molecule has 0 fully saturated rings. The van der Waals surface area contributed by atoms with E-state index in [0.29, 0.717) is 6.54 Å². The zero-order chi connectivity index (χ0) is 14.7. The second-order valence-corrected chi connectivity index (χ2v) is 4.90. The van der Waals surface area contributed by atoms with Crippen molar-refractivity contribution >= 4 is 17.5 Å². The van der Waals surface area contributed by atoms with E-state index in [1.807, 2.05) is 31.2 Å². The first-order chi connectivity index (χ1) is 9.47. The topological polar surface area (TPSA) is 69.6 Å². The van der Waals surface area contributed by atoms with Gasteiger partial charge in [-0.25, -0.2) is 0 Å². The molecule has 0 saturated carbocycles. The normalized spacial score (nSPS) is 10.3. The third-order valence-electron chi connectivity index (χ3n) is 2.88. The first-order valence-electron chi connectivity index (χ1n) is 6.02. The summed E-state index contributed by atoms with van der Waals surface area (Å²) in [5.74, 6) is -1.03. The van der Waals surface area contributed by atoms with Gasteiger partial charge in [0.2, 0.25) is 0 Å². The second-order valence-electron chi connectivity index (χ2n) is 4.49. The van der Waals surface area contributed by atoms with Crippen LogP contribution in [0.15, 0.2) is 36.4 Å². The summed E-state index contributed by atoms with van der Waals surface area (Å²) in [6.45, 7) is 2.33. The Bertz CT molecular complexity index is 638. The number of carbonyl (C=O) groups excluding carboxylic acids is 1. The van der Waals surface area contributed by atoms with Crippen LogP contribution in [0.5, 0.6) is 11.5 Å². The summed E-state index contributed by atoms with van der Waals surface area (Å²) in [7, 11) is 0. The van der Waals surface area contributed by atoms with Crippen LogP contribution in [-0.4, -0.2) is 16.1 Å². The van der Waals surface area contributed by atoms with Crippen LogP contribution in [0.4, 0.5) is 0 Å². The first-order valence-corrected chi connectivity index (χ1v) is 6.40. The fourth-order valence-electron chi connectivity index (χ4n) is 1.72. The molecule has 4 nitrogen and oxygen atoms in total.